The maximum atomic E-state index is 5.79. The summed E-state index contributed by atoms with van der Waals surface area (Å²) < 4.78 is 11.5. The third-order valence-electron chi connectivity index (χ3n) is 4.83. The minimum atomic E-state index is 0.520. The van der Waals surface area contributed by atoms with Crippen LogP contribution in [0.25, 0.3) is 0 Å². The highest BCUT2D eigenvalue weighted by Gasteiger charge is 2.47. The third kappa shape index (κ3) is 6.97. The lowest BCUT2D eigenvalue weighted by Crippen LogP contribution is -2.02. The summed E-state index contributed by atoms with van der Waals surface area (Å²) in [6, 6.07) is 0. The first kappa shape index (κ1) is 17.0. The molecule has 0 radical (unpaired) electrons. The van der Waals surface area contributed by atoms with E-state index in [-0.39, 0.29) is 0 Å². The SMILES string of the molecule is C=CCCCCCCC[C@@H]1O[C@@H]1C[C@@H]1O[C@@H]1CCCCC. The van der Waals surface area contributed by atoms with E-state index in [0.717, 1.165) is 6.42 Å². The number of rotatable bonds is 14. The molecule has 0 aliphatic carbocycles. The van der Waals surface area contributed by atoms with Crippen LogP contribution < -0.4 is 0 Å². The van der Waals surface area contributed by atoms with Gasteiger partial charge in [0.15, 0.2) is 0 Å². The maximum absolute atomic E-state index is 5.79. The van der Waals surface area contributed by atoms with Gasteiger partial charge in [-0.3, -0.25) is 0 Å². The lowest BCUT2D eigenvalue weighted by atomic mass is 10.0. The van der Waals surface area contributed by atoms with Gasteiger partial charge in [-0.1, -0.05) is 57.9 Å². The quantitative estimate of drug-likeness (QED) is 0.243. The Bertz CT molecular complexity index is 289. The van der Waals surface area contributed by atoms with E-state index in [9.17, 15) is 0 Å². The van der Waals surface area contributed by atoms with E-state index in [1.54, 1.807) is 0 Å². The number of unbranched alkanes of at least 4 members (excludes halogenated alkanes) is 7. The molecule has 0 spiro atoms. The standard InChI is InChI=1S/C19H34O2/c1-3-5-7-8-9-10-12-14-17-19(21-17)15-18-16(20-18)13-11-6-4-2/h3,16-19H,1,4-15H2,2H3/t16-,17+,18+,19-/m1/s1. The molecule has 0 N–H and O–H groups in total. The van der Waals surface area contributed by atoms with Gasteiger partial charge in [-0.15, -0.1) is 6.58 Å². The molecule has 0 amide bonds. The zero-order valence-corrected chi connectivity index (χ0v) is 13.9. The van der Waals surface area contributed by atoms with Crippen LogP contribution in [-0.2, 0) is 9.47 Å². The second kappa shape index (κ2) is 9.63. The lowest BCUT2D eigenvalue weighted by molar-refractivity contribution is 0.318. The Hall–Kier alpha value is -0.340. The van der Waals surface area contributed by atoms with Crippen LogP contribution in [0.4, 0.5) is 0 Å². The maximum Gasteiger partial charge on any atom is 0.0867 e. The van der Waals surface area contributed by atoms with Crippen molar-refractivity contribution in [2.75, 3.05) is 0 Å². The van der Waals surface area contributed by atoms with Crippen molar-refractivity contribution in [1.29, 1.82) is 0 Å². The van der Waals surface area contributed by atoms with Crippen molar-refractivity contribution in [3.05, 3.63) is 12.7 Å². The molecule has 2 fully saturated rings. The molecule has 0 aromatic rings. The molecule has 2 saturated heterocycles. The summed E-state index contributed by atoms with van der Waals surface area (Å²) in [6.45, 7) is 6.02. The van der Waals surface area contributed by atoms with Crippen LogP contribution >= 0.6 is 0 Å². The first-order valence-electron chi connectivity index (χ1n) is 9.27. The molecule has 0 aromatic heterocycles. The number of ether oxygens (including phenoxy) is 2. The molecule has 0 saturated carbocycles. The summed E-state index contributed by atoms with van der Waals surface area (Å²) in [4.78, 5) is 0. The number of hydrogen-bond donors (Lipinski definition) is 0. The first-order chi connectivity index (χ1) is 10.3. The largest absolute Gasteiger partial charge is 0.369 e. The average molecular weight is 294 g/mol. The molecule has 2 heteroatoms. The monoisotopic (exact) mass is 294 g/mol. The minimum Gasteiger partial charge on any atom is -0.369 e. The molecular weight excluding hydrogens is 260 g/mol. The zero-order chi connectivity index (χ0) is 14.9. The number of epoxide rings is 2. The van der Waals surface area contributed by atoms with Gasteiger partial charge in [0.25, 0.3) is 0 Å². The van der Waals surface area contributed by atoms with E-state index in [2.05, 4.69) is 13.5 Å². The van der Waals surface area contributed by atoms with Crippen LogP contribution in [-0.4, -0.2) is 24.4 Å². The molecule has 21 heavy (non-hydrogen) atoms. The molecule has 2 aliphatic heterocycles. The molecule has 0 bridgehead atoms. The summed E-state index contributed by atoms with van der Waals surface area (Å²) >= 11 is 0. The molecule has 2 rings (SSSR count). The Labute approximate surface area is 131 Å². The smallest absolute Gasteiger partial charge is 0.0867 e. The van der Waals surface area contributed by atoms with Crippen molar-refractivity contribution in [1.82, 2.24) is 0 Å². The fourth-order valence-electron chi connectivity index (χ4n) is 3.27. The molecule has 4 atom stereocenters. The second-order valence-corrected chi connectivity index (χ2v) is 6.79. The summed E-state index contributed by atoms with van der Waals surface area (Å²) in [5.41, 5.74) is 0. The van der Waals surface area contributed by atoms with Gasteiger partial charge in [0.05, 0.1) is 24.4 Å². The Kier molecular flexibility index (Phi) is 7.81. The Balaban J connectivity index is 1.37. The second-order valence-electron chi connectivity index (χ2n) is 6.79. The fraction of sp³-hybridized carbons (Fsp3) is 0.895. The summed E-state index contributed by atoms with van der Waals surface area (Å²) in [6.07, 6.45) is 19.8. The first-order valence-corrected chi connectivity index (χ1v) is 9.27. The number of allylic oxidation sites excluding steroid dienone is 1. The van der Waals surface area contributed by atoms with Gasteiger partial charge in [-0.2, -0.15) is 0 Å². The molecule has 2 aliphatic rings. The van der Waals surface area contributed by atoms with Gasteiger partial charge < -0.3 is 9.47 Å². The van der Waals surface area contributed by atoms with Crippen LogP contribution in [0, 0.1) is 0 Å². The normalized spacial score (nSPS) is 30.3. The highest BCUT2D eigenvalue weighted by atomic mass is 16.6. The fourth-order valence-corrected chi connectivity index (χ4v) is 3.27. The number of hydrogen-bond acceptors (Lipinski definition) is 2. The lowest BCUT2D eigenvalue weighted by Gasteiger charge is -1.99. The van der Waals surface area contributed by atoms with E-state index in [1.165, 1.54) is 70.6 Å². The molecule has 122 valence electrons. The predicted octanol–water partition coefficient (Wildman–Crippen LogP) is 5.41. The van der Waals surface area contributed by atoms with Crippen LogP contribution in [0.5, 0.6) is 0 Å². The van der Waals surface area contributed by atoms with E-state index < -0.39 is 0 Å². The highest BCUT2D eigenvalue weighted by molar-refractivity contribution is 4.94. The Morgan fingerprint density at radius 3 is 1.95 bits per heavy atom. The summed E-state index contributed by atoms with van der Waals surface area (Å²) in [5, 5.41) is 0. The van der Waals surface area contributed by atoms with Gasteiger partial charge in [-0.25, -0.2) is 0 Å². The van der Waals surface area contributed by atoms with Gasteiger partial charge in [0.2, 0.25) is 0 Å². The van der Waals surface area contributed by atoms with Gasteiger partial charge in [-0.05, 0) is 25.7 Å². The van der Waals surface area contributed by atoms with E-state index >= 15 is 0 Å². The van der Waals surface area contributed by atoms with Crippen molar-refractivity contribution in [3.63, 3.8) is 0 Å². The highest BCUT2D eigenvalue weighted by Crippen LogP contribution is 2.39. The minimum absolute atomic E-state index is 0.520. The van der Waals surface area contributed by atoms with Gasteiger partial charge >= 0.3 is 0 Å². The van der Waals surface area contributed by atoms with Gasteiger partial charge in [0.1, 0.15) is 0 Å². The van der Waals surface area contributed by atoms with Crippen LogP contribution in [0.1, 0.15) is 84.0 Å². The van der Waals surface area contributed by atoms with E-state index in [4.69, 9.17) is 9.47 Å². The van der Waals surface area contributed by atoms with Crippen molar-refractivity contribution in [2.24, 2.45) is 0 Å². The van der Waals surface area contributed by atoms with E-state index in [0.29, 0.717) is 24.4 Å². The van der Waals surface area contributed by atoms with Gasteiger partial charge in [0, 0.05) is 6.42 Å². The summed E-state index contributed by atoms with van der Waals surface area (Å²) in [7, 11) is 0. The van der Waals surface area contributed by atoms with Crippen LogP contribution in [0.15, 0.2) is 12.7 Å². The molecule has 0 unspecified atom stereocenters. The molecular formula is C19H34O2. The van der Waals surface area contributed by atoms with Crippen molar-refractivity contribution in [2.45, 2.75) is 108 Å². The van der Waals surface area contributed by atoms with Crippen LogP contribution in [0.2, 0.25) is 0 Å². The Morgan fingerprint density at radius 2 is 1.33 bits per heavy atom. The van der Waals surface area contributed by atoms with Crippen molar-refractivity contribution < 1.29 is 9.47 Å². The summed E-state index contributed by atoms with van der Waals surface area (Å²) in [5.74, 6) is 0. The predicted molar refractivity (Wildman–Crippen MR) is 88.6 cm³/mol. The van der Waals surface area contributed by atoms with Crippen LogP contribution in [0.3, 0.4) is 0 Å². The topological polar surface area (TPSA) is 25.1 Å². The zero-order valence-electron chi connectivity index (χ0n) is 13.9. The molecule has 0 aromatic carbocycles. The average Bonchev–Trinajstić information content (AvgIpc) is 3.39. The third-order valence-corrected chi connectivity index (χ3v) is 4.83. The van der Waals surface area contributed by atoms with E-state index in [1.807, 2.05) is 6.08 Å². The molecule has 2 heterocycles. The van der Waals surface area contributed by atoms with Crippen molar-refractivity contribution >= 4 is 0 Å². The van der Waals surface area contributed by atoms with Crippen molar-refractivity contribution in [3.8, 4) is 0 Å². The molecule has 2 nitrogen and oxygen atoms in total. The Morgan fingerprint density at radius 1 is 0.762 bits per heavy atom.